The van der Waals surface area contributed by atoms with Crippen LogP contribution in [0.1, 0.15) is 10.7 Å². The fourth-order valence-corrected chi connectivity index (χ4v) is 2.23. The smallest absolute Gasteiger partial charge is 0.107 e. The molecule has 1 aromatic rings. The Kier molecular flexibility index (Phi) is 5.17. The fraction of sp³-hybridized carbons (Fsp3) is 0.700. The number of likely N-dealkylation sites (N-methyl/N-ethyl adjacent to an activating group) is 1. The molecule has 15 heavy (non-hydrogen) atoms. The maximum atomic E-state index is 9.52. The molecule has 0 bridgehead atoms. The number of methoxy groups -OCH3 is 1. The van der Waals surface area contributed by atoms with Crippen LogP contribution in [-0.4, -0.2) is 48.4 Å². The minimum Gasteiger partial charge on any atom is -0.389 e. The Morgan fingerprint density at radius 2 is 2.40 bits per heavy atom. The van der Waals surface area contributed by atoms with Crippen molar-refractivity contribution < 1.29 is 9.84 Å². The minimum atomic E-state index is -0.430. The van der Waals surface area contributed by atoms with Gasteiger partial charge in [0.15, 0.2) is 0 Å². The summed E-state index contributed by atoms with van der Waals surface area (Å²) in [5.74, 6) is 0. The summed E-state index contributed by atoms with van der Waals surface area (Å²) in [5, 5.41) is 12.6. The van der Waals surface area contributed by atoms with Gasteiger partial charge in [-0.3, -0.25) is 4.90 Å². The van der Waals surface area contributed by atoms with Crippen LogP contribution >= 0.6 is 11.3 Å². The summed E-state index contributed by atoms with van der Waals surface area (Å²) in [4.78, 5) is 6.41. The summed E-state index contributed by atoms with van der Waals surface area (Å²) in [6.07, 6.45) is -0.430. The van der Waals surface area contributed by atoms with Crippen molar-refractivity contribution in [2.45, 2.75) is 19.6 Å². The van der Waals surface area contributed by atoms with Gasteiger partial charge in [0.2, 0.25) is 0 Å². The molecule has 0 aliphatic heterocycles. The maximum Gasteiger partial charge on any atom is 0.107 e. The van der Waals surface area contributed by atoms with E-state index >= 15 is 0 Å². The summed E-state index contributed by atoms with van der Waals surface area (Å²) in [6, 6.07) is 0. The van der Waals surface area contributed by atoms with E-state index in [0.29, 0.717) is 13.2 Å². The van der Waals surface area contributed by atoms with Crippen LogP contribution in [0.25, 0.3) is 0 Å². The zero-order valence-electron chi connectivity index (χ0n) is 9.43. The molecule has 0 radical (unpaired) electrons. The zero-order chi connectivity index (χ0) is 11.3. The SMILES string of the molecule is COCC(O)CN(C)Cc1nc(C)cs1. The summed E-state index contributed by atoms with van der Waals surface area (Å²) >= 11 is 1.65. The first kappa shape index (κ1) is 12.6. The van der Waals surface area contributed by atoms with Crippen molar-refractivity contribution in [3.63, 3.8) is 0 Å². The van der Waals surface area contributed by atoms with Crippen LogP contribution in [0.15, 0.2) is 5.38 Å². The third-order valence-corrected chi connectivity index (χ3v) is 2.90. The largest absolute Gasteiger partial charge is 0.389 e. The van der Waals surface area contributed by atoms with Crippen molar-refractivity contribution in [2.24, 2.45) is 0 Å². The molecule has 86 valence electrons. The second kappa shape index (κ2) is 6.17. The Bertz CT molecular complexity index is 291. The van der Waals surface area contributed by atoms with E-state index in [1.807, 2.05) is 24.3 Å². The van der Waals surface area contributed by atoms with Crippen LogP contribution < -0.4 is 0 Å². The second-order valence-corrected chi connectivity index (χ2v) is 4.63. The average Bonchev–Trinajstić information content (AvgIpc) is 2.51. The Morgan fingerprint density at radius 3 is 2.93 bits per heavy atom. The molecule has 1 heterocycles. The molecule has 0 amide bonds. The number of ether oxygens (including phenoxy) is 1. The normalized spacial score (nSPS) is 13.4. The van der Waals surface area contributed by atoms with Crippen LogP contribution in [0.5, 0.6) is 0 Å². The highest BCUT2D eigenvalue weighted by Crippen LogP contribution is 2.10. The lowest BCUT2D eigenvalue weighted by Gasteiger charge is -2.18. The lowest BCUT2D eigenvalue weighted by Crippen LogP contribution is -2.31. The highest BCUT2D eigenvalue weighted by molar-refractivity contribution is 7.09. The predicted octanol–water partition coefficient (Wildman–Crippen LogP) is 0.891. The Balaban J connectivity index is 2.32. The molecule has 1 N–H and O–H groups in total. The van der Waals surface area contributed by atoms with Crippen molar-refractivity contribution in [1.29, 1.82) is 0 Å². The maximum absolute atomic E-state index is 9.52. The first-order valence-electron chi connectivity index (χ1n) is 4.88. The fourth-order valence-electron chi connectivity index (χ4n) is 1.38. The Hall–Kier alpha value is -0.490. The van der Waals surface area contributed by atoms with E-state index < -0.39 is 6.10 Å². The van der Waals surface area contributed by atoms with Crippen molar-refractivity contribution in [1.82, 2.24) is 9.88 Å². The Morgan fingerprint density at radius 1 is 1.67 bits per heavy atom. The van der Waals surface area contributed by atoms with Gasteiger partial charge >= 0.3 is 0 Å². The highest BCUT2D eigenvalue weighted by atomic mass is 32.1. The number of nitrogens with zero attached hydrogens (tertiary/aromatic N) is 2. The summed E-state index contributed by atoms with van der Waals surface area (Å²) in [6.45, 7) is 3.74. The molecule has 1 rings (SSSR count). The number of thiazole rings is 1. The molecule has 4 nitrogen and oxygen atoms in total. The lowest BCUT2D eigenvalue weighted by atomic mass is 10.3. The van der Waals surface area contributed by atoms with Crippen LogP contribution in [0, 0.1) is 6.92 Å². The van der Waals surface area contributed by atoms with Crippen LogP contribution in [0.4, 0.5) is 0 Å². The molecule has 0 saturated carbocycles. The van der Waals surface area contributed by atoms with Gasteiger partial charge in [0.25, 0.3) is 0 Å². The number of aryl methyl sites for hydroxylation is 1. The van der Waals surface area contributed by atoms with Crippen LogP contribution in [0.3, 0.4) is 0 Å². The first-order valence-corrected chi connectivity index (χ1v) is 5.76. The highest BCUT2D eigenvalue weighted by Gasteiger charge is 2.09. The number of aromatic nitrogens is 1. The summed E-state index contributed by atoms with van der Waals surface area (Å²) in [7, 11) is 3.56. The van der Waals surface area contributed by atoms with Gasteiger partial charge in [0.1, 0.15) is 5.01 Å². The molecule has 0 aliphatic carbocycles. The molecule has 1 atom stereocenters. The van der Waals surface area contributed by atoms with Gasteiger partial charge < -0.3 is 9.84 Å². The van der Waals surface area contributed by atoms with Crippen molar-refractivity contribution in [2.75, 3.05) is 27.3 Å². The predicted molar refractivity (Wildman–Crippen MR) is 61.1 cm³/mol. The van der Waals surface area contributed by atoms with E-state index in [1.54, 1.807) is 18.4 Å². The molecule has 0 fully saturated rings. The van der Waals surface area contributed by atoms with Gasteiger partial charge in [-0.25, -0.2) is 4.98 Å². The van der Waals surface area contributed by atoms with Crippen molar-refractivity contribution in [3.05, 3.63) is 16.1 Å². The monoisotopic (exact) mass is 230 g/mol. The molecular weight excluding hydrogens is 212 g/mol. The first-order chi connectivity index (χ1) is 7.11. The number of aliphatic hydroxyl groups excluding tert-OH is 1. The van der Waals surface area contributed by atoms with Crippen LogP contribution in [-0.2, 0) is 11.3 Å². The molecule has 0 aliphatic rings. The third-order valence-electron chi connectivity index (χ3n) is 1.95. The molecule has 0 spiro atoms. The summed E-state index contributed by atoms with van der Waals surface area (Å²) < 4.78 is 4.87. The number of hydrogen-bond donors (Lipinski definition) is 1. The van der Waals surface area contributed by atoms with Gasteiger partial charge in [-0.2, -0.15) is 0 Å². The molecular formula is C10H18N2O2S. The van der Waals surface area contributed by atoms with Crippen molar-refractivity contribution >= 4 is 11.3 Å². The summed E-state index contributed by atoms with van der Waals surface area (Å²) in [5.41, 5.74) is 1.06. The average molecular weight is 230 g/mol. The Labute approximate surface area is 94.5 Å². The van der Waals surface area contributed by atoms with E-state index in [2.05, 4.69) is 4.98 Å². The number of hydrogen-bond acceptors (Lipinski definition) is 5. The molecule has 0 aromatic carbocycles. The zero-order valence-corrected chi connectivity index (χ0v) is 10.3. The minimum absolute atomic E-state index is 0.376. The number of rotatable bonds is 6. The number of aliphatic hydroxyl groups is 1. The van der Waals surface area contributed by atoms with Gasteiger partial charge in [-0.1, -0.05) is 0 Å². The third kappa shape index (κ3) is 4.70. The molecule has 1 unspecified atom stereocenters. The molecule has 5 heteroatoms. The molecule has 0 saturated heterocycles. The van der Waals surface area contributed by atoms with E-state index in [1.165, 1.54) is 0 Å². The standard InChI is InChI=1S/C10H18N2O2S/c1-8-7-15-10(11-8)5-12(2)4-9(13)6-14-3/h7,9,13H,4-6H2,1-3H3. The van der Waals surface area contributed by atoms with Crippen molar-refractivity contribution in [3.8, 4) is 0 Å². The van der Waals surface area contributed by atoms with Gasteiger partial charge in [0, 0.05) is 24.7 Å². The molecule has 1 aromatic heterocycles. The second-order valence-electron chi connectivity index (χ2n) is 3.69. The van der Waals surface area contributed by atoms with E-state index in [0.717, 1.165) is 17.2 Å². The van der Waals surface area contributed by atoms with Gasteiger partial charge in [-0.15, -0.1) is 11.3 Å². The van der Waals surface area contributed by atoms with E-state index in [4.69, 9.17) is 4.74 Å². The van der Waals surface area contributed by atoms with Gasteiger partial charge in [0.05, 0.1) is 19.3 Å². The van der Waals surface area contributed by atoms with E-state index in [9.17, 15) is 5.11 Å². The van der Waals surface area contributed by atoms with E-state index in [-0.39, 0.29) is 0 Å². The topological polar surface area (TPSA) is 45.6 Å². The quantitative estimate of drug-likeness (QED) is 0.788. The van der Waals surface area contributed by atoms with Crippen LogP contribution in [0.2, 0.25) is 0 Å². The lowest BCUT2D eigenvalue weighted by molar-refractivity contribution is 0.0418. The van der Waals surface area contributed by atoms with Gasteiger partial charge in [-0.05, 0) is 14.0 Å².